The number of H-pyrrole nitrogens is 1. The lowest BCUT2D eigenvalue weighted by atomic mass is 9.85. The number of nitrogens with two attached hydrogens (primary N) is 1. The number of aromatic amines is 1. The predicted molar refractivity (Wildman–Crippen MR) is 133 cm³/mol. The monoisotopic (exact) mass is 494 g/mol. The molecule has 0 unspecified atom stereocenters. The molecule has 6 N–H and O–H groups in total. The highest BCUT2D eigenvalue weighted by atomic mass is 16.5. The molecule has 3 heterocycles. The van der Waals surface area contributed by atoms with Crippen molar-refractivity contribution < 1.29 is 24.2 Å². The van der Waals surface area contributed by atoms with Crippen LogP contribution < -0.4 is 21.1 Å². The smallest absolute Gasteiger partial charge is 0.339 e. The number of carbonyl (C=O) groups excluding carboxylic acids is 2. The summed E-state index contributed by atoms with van der Waals surface area (Å²) in [5.74, 6) is -0.481. The highest BCUT2D eigenvalue weighted by molar-refractivity contribution is 6.08. The molecule has 5 rings (SSSR count). The first-order valence-corrected chi connectivity index (χ1v) is 12.0. The number of aromatic nitrogens is 3. The van der Waals surface area contributed by atoms with Gasteiger partial charge in [-0.25, -0.2) is 14.8 Å². The molecule has 2 aromatic heterocycles. The maximum absolute atomic E-state index is 12.5. The third kappa shape index (κ3) is 5.80. The fourth-order valence-corrected chi connectivity index (χ4v) is 4.44. The summed E-state index contributed by atoms with van der Waals surface area (Å²) in [6.07, 6.45) is 9.41. The van der Waals surface area contributed by atoms with Gasteiger partial charge in [0.1, 0.15) is 23.2 Å². The van der Waals surface area contributed by atoms with Gasteiger partial charge in [-0.2, -0.15) is 0 Å². The molecule has 0 bridgehead atoms. The zero-order chi connectivity index (χ0) is 25.7. The summed E-state index contributed by atoms with van der Waals surface area (Å²) in [6, 6.07) is 5.62. The van der Waals surface area contributed by atoms with Crippen molar-refractivity contribution in [3.63, 3.8) is 0 Å². The molecule has 190 valence electrons. The van der Waals surface area contributed by atoms with E-state index in [2.05, 4.69) is 32.5 Å². The molecule has 36 heavy (non-hydrogen) atoms. The molecule has 1 fully saturated rings. The van der Waals surface area contributed by atoms with Gasteiger partial charge in [-0.3, -0.25) is 9.59 Å². The lowest BCUT2D eigenvalue weighted by molar-refractivity contribution is -0.118. The summed E-state index contributed by atoms with van der Waals surface area (Å²) >= 11 is 0. The minimum absolute atomic E-state index is 0.0265. The van der Waals surface area contributed by atoms with Crippen molar-refractivity contribution in [2.75, 3.05) is 11.9 Å². The van der Waals surface area contributed by atoms with Crippen molar-refractivity contribution in [2.24, 2.45) is 11.7 Å². The maximum Gasteiger partial charge on any atom is 0.339 e. The third-order valence-electron chi connectivity index (χ3n) is 6.43. The standard InChI is InChI=1S/C17H13N5O5.C8H17N/c23-12-6-27-11-2-1-8(3-10(11)22-12)4-19-16(24)15-14-13(20-7-21-15)9(5-18-14)17(25)26;1-7(9)8-5-3-2-4-6-8/h1-3,5,7,18H,4,6H2,(H,19,24)(H,22,23)(H,25,26);7-8H,2-6,9H2,1H3/t;7-/m.1/s1. The number of nitrogens with one attached hydrogen (secondary N) is 3. The van der Waals surface area contributed by atoms with Crippen LogP contribution in [0.4, 0.5) is 5.69 Å². The van der Waals surface area contributed by atoms with Crippen LogP contribution in [0.25, 0.3) is 11.0 Å². The Labute approximate surface area is 207 Å². The van der Waals surface area contributed by atoms with Crippen LogP contribution in [-0.4, -0.2) is 50.5 Å². The van der Waals surface area contributed by atoms with Crippen molar-refractivity contribution in [3.8, 4) is 5.75 Å². The molecule has 0 saturated heterocycles. The number of carbonyl (C=O) groups is 3. The summed E-state index contributed by atoms with van der Waals surface area (Å²) < 4.78 is 5.29. The lowest BCUT2D eigenvalue weighted by Gasteiger charge is -2.24. The number of hydrogen-bond acceptors (Lipinski definition) is 7. The molecular formula is C25H30N6O5. The number of ether oxygens (including phenoxy) is 1. The minimum Gasteiger partial charge on any atom is -0.482 e. The Morgan fingerprint density at radius 2 is 2.03 bits per heavy atom. The van der Waals surface area contributed by atoms with E-state index in [1.807, 2.05) is 0 Å². The van der Waals surface area contributed by atoms with Crippen LogP contribution in [0, 0.1) is 5.92 Å². The lowest BCUT2D eigenvalue weighted by Crippen LogP contribution is -2.27. The van der Waals surface area contributed by atoms with Gasteiger partial charge in [0.15, 0.2) is 12.3 Å². The predicted octanol–water partition coefficient (Wildman–Crippen LogP) is 2.83. The maximum atomic E-state index is 12.5. The van der Waals surface area contributed by atoms with Gasteiger partial charge in [-0.05, 0) is 43.4 Å². The Kier molecular flexibility index (Phi) is 7.79. The van der Waals surface area contributed by atoms with E-state index >= 15 is 0 Å². The SMILES string of the molecule is C[C@@H](N)C1CCCCC1.O=C1COc2ccc(CNC(=O)c3ncnc4c(C(=O)O)c[nH]c34)cc2N1. The quantitative estimate of drug-likeness (QED) is 0.360. The number of carboxylic acids is 1. The van der Waals surface area contributed by atoms with E-state index in [1.54, 1.807) is 18.2 Å². The number of anilines is 1. The van der Waals surface area contributed by atoms with Crippen molar-refractivity contribution in [1.29, 1.82) is 0 Å². The molecule has 1 aromatic carbocycles. The molecule has 2 amide bonds. The first-order chi connectivity index (χ1) is 17.3. The summed E-state index contributed by atoms with van der Waals surface area (Å²) in [5, 5.41) is 14.6. The van der Waals surface area contributed by atoms with E-state index < -0.39 is 11.9 Å². The largest absolute Gasteiger partial charge is 0.482 e. The molecule has 1 atom stereocenters. The third-order valence-corrected chi connectivity index (χ3v) is 6.43. The Balaban J connectivity index is 0.000000286. The number of amides is 2. The number of benzene rings is 1. The topological polar surface area (TPSA) is 172 Å². The zero-order valence-corrected chi connectivity index (χ0v) is 20.0. The van der Waals surface area contributed by atoms with E-state index in [-0.39, 0.29) is 41.3 Å². The molecule has 2 aliphatic rings. The molecule has 1 aliphatic heterocycles. The number of rotatable bonds is 5. The minimum atomic E-state index is -1.15. The molecule has 11 nitrogen and oxygen atoms in total. The van der Waals surface area contributed by atoms with Crippen LogP contribution >= 0.6 is 0 Å². The number of carboxylic acid groups (broad SMARTS) is 1. The Hall–Kier alpha value is -3.99. The second kappa shape index (κ2) is 11.2. The summed E-state index contributed by atoms with van der Waals surface area (Å²) in [4.78, 5) is 45.7. The van der Waals surface area contributed by atoms with Gasteiger partial charge >= 0.3 is 5.97 Å². The van der Waals surface area contributed by atoms with Crippen molar-refractivity contribution in [2.45, 2.75) is 51.6 Å². The number of nitrogens with zero attached hydrogens (tertiary/aromatic N) is 2. The molecule has 0 spiro atoms. The Bertz CT molecular complexity index is 1270. The van der Waals surface area contributed by atoms with Crippen molar-refractivity contribution >= 4 is 34.5 Å². The Morgan fingerprint density at radius 3 is 2.72 bits per heavy atom. The van der Waals surface area contributed by atoms with E-state index in [0.29, 0.717) is 17.5 Å². The summed E-state index contributed by atoms with van der Waals surface area (Å²) in [5.41, 5.74) is 7.47. The normalized spacial score (nSPS) is 16.1. The first-order valence-electron chi connectivity index (χ1n) is 12.0. The molecule has 1 saturated carbocycles. The molecule has 0 radical (unpaired) electrons. The number of hydrogen-bond donors (Lipinski definition) is 5. The molecular weight excluding hydrogens is 464 g/mol. The second-order valence-corrected chi connectivity index (χ2v) is 9.06. The van der Waals surface area contributed by atoms with Gasteiger partial charge in [0.05, 0.1) is 11.2 Å². The second-order valence-electron chi connectivity index (χ2n) is 9.06. The van der Waals surface area contributed by atoms with Crippen LogP contribution in [0.1, 0.15) is 65.4 Å². The van der Waals surface area contributed by atoms with Crippen LogP contribution in [0.5, 0.6) is 5.75 Å². The van der Waals surface area contributed by atoms with Gasteiger partial charge in [-0.1, -0.05) is 25.3 Å². The van der Waals surface area contributed by atoms with E-state index in [1.165, 1.54) is 38.3 Å². The highest BCUT2D eigenvalue weighted by Gasteiger charge is 2.20. The average molecular weight is 495 g/mol. The van der Waals surface area contributed by atoms with Gasteiger partial charge in [-0.15, -0.1) is 0 Å². The van der Waals surface area contributed by atoms with Crippen molar-refractivity contribution in [3.05, 3.63) is 47.5 Å². The summed E-state index contributed by atoms with van der Waals surface area (Å²) in [7, 11) is 0. The van der Waals surface area contributed by atoms with Gasteiger partial charge in [0.25, 0.3) is 11.8 Å². The first kappa shape index (κ1) is 25.1. The van der Waals surface area contributed by atoms with Crippen molar-refractivity contribution in [1.82, 2.24) is 20.3 Å². The van der Waals surface area contributed by atoms with Crippen LogP contribution in [-0.2, 0) is 11.3 Å². The van der Waals surface area contributed by atoms with Crippen LogP contribution in [0.2, 0.25) is 0 Å². The van der Waals surface area contributed by atoms with Gasteiger partial charge in [0, 0.05) is 18.8 Å². The van der Waals surface area contributed by atoms with Gasteiger partial charge in [0.2, 0.25) is 0 Å². The fraction of sp³-hybridized carbons (Fsp3) is 0.400. The summed E-state index contributed by atoms with van der Waals surface area (Å²) in [6.45, 7) is 2.29. The number of aromatic carboxylic acids is 1. The van der Waals surface area contributed by atoms with Crippen LogP contribution in [0.3, 0.4) is 0 Å². The molecule has 1 aliphatic carbocycles. The molecule has 11 heteroatoms. The highest BCUT2D eigenvalue weighted by Crippen LogP contribution is 2.28. The van der Waals surface area contributed by atoms with Crippen LogP contribution in [0.15, 0.2) is 30.7 Å². The van der Waals surface area contributed by atoms with Gasteiger partial charge < -0.3 is 31.2 Å². The van der Waals surface area contributed by atoms with E-state index in [4.69, 9.17) is 15.6 Å². The molecule has 3 aromatic rings. The van der Waals surface area contributed by atoms with E-state index in [0.717, 1.165) is 17.8 Å². The number of fused-ring (bicyclic) bond motifs is 2. The fourth-order valence-electron chi connectivity index (χ4n) is 4.44. The Morgan fingerprint density at radius 1 is 1.25 bits per heavy atom. The van der Waals surface area contributed by atoms with E-state index in [9.17, 15) is 14.4 Å². The average Bonchev–Trinajstić information content (AvgIpc) is 3.32. The zero-order valence-electron chi connectivity index (χ0n) is 20.0.